The summed E-state index contributed by atoms with van der Waals surface area (Å²) in [5, 5.41) is 7.76. The molecule has 3 aromatic carbocycles. The highest BCUT2D eigenvalue weighted by atomic mass is 32.2. The van der Waals surface area contributed by atoms with Gasteiger partial charge in [0.2, 0.25) is 15.9 Å². The largest absolute Gasteiger partial charge is 0.325 e. The number of nitrogens with two attached hydrogens (primary N) is 1. The van der Waals surface area contributed by atoms with E-state index in [2.05, 4.69) is 5.32 Å². The van der Waals surface area contributed by atoms with Crippen LogP contribution in [0.15, 0.2) is 99.8 Å². The van der Waals surface area contributed by atoms with Gasteiger partial charge in [0, 0.05) is 10.6 Å². The second-order valence-corrected chi connectivity index (χ2v) is 13.2. The Kier molecular flexibility index (Phi) is 7.90. The Bertz CT molecular complexity index is 1850. The van der Waals surface area contributed by atoms with Crippen molar-refractivity contribution in [3.8, 4) is 10.4 Å². The minimum absolute atomic E-state index is 0.0453. The van der Waals surface area contributed by atoms with E-state index in [1.807, 2.05) is 67.6 Å². The highest BCUT2D eigenvalue weighted by Crippen LogP contribution is 2.33. The monoisotopic (exact) mass is 590 g/mol. The number of thiophene rings is 1. The summed E-state index contributed by atoms with van der Waals surface area (Å²) in [5.41, 5.74) is 3.96. The first-order valence-electron chi connectivity index (χ1n) is 12.3. The molecule has 0 bridgehead atoms. The molecular weight excluding hydrogens is 565 g/mol. The van der Waals surface area contributed by atoms with Gasteiger partial charge in [0.05, 0.1) is 22.2 Å². The number of hydrogen-bond donors (Lipinski definition) is 2. The molecular formula is C29H26N4O4S3. The van der Waals surface area contributed by atoms with Gasteiger partial charge in [-0.25, -0.2) is 18.5 Å². The maximum absolute atomic E-state index is 13.8. The Hall–Kier alpha value is -3.77. The molecule has 0 fully saturated rings. The normalized spacial score (nSPS) is 12.4. The summed E-state index contributed by atoms with van der Waals surface area (Å²) in [6, 6.07) is 25.3. The number of benzene rings is 3. The highest BCUT2D eigenvalue weighted by Gasteiger charge is 2.21. The van der Waals surface area contributed by atoms with E-state index in [1.54, 1.807) is 11.5 Å². The quantitative estimate of drug-likeness (QED) is 0.188. The van der Waals surface area contributed by atoms with Gasteiger partial charge < -0.3 is 5.32 Å². The summed E-state index contributed by atoms with van der Waals surface area (Å²) in [7, 11) is -3.83. The third kappa shape index (κ3) is 6.18. The van der Waals surface area contributed by atoms with Crippen molar-refractivity contribution in [2.75, 3.05) is 5.32 Å². The third-order valence-electron chi connectivity index (χ3n) is 6.22. The van der Waals surface area contributed by atoms with Crippen molar-refractivity contribution in [1.82, 2.24) is 9.55 Å². The zero-order chi connectivity index (χ0) is 28.4. The molecule has 1 atom stereocenters. The lowest BCUT2D eigenvalue weighted by atomic mass is 10.1. The van der Waals surface area contributed by atoms with E-state index in [-0.39, 0.29) is 16.4 Å². The molecule has 0 aliphatic heterocycles. The number of amides is 1. The van der Waals surface area contributed by atoms with Crippen molar-refractivity contribution in [3.63, 3.8) is 0 Å². The van der Waals surface area contributed by atoms with Crippen LogP contribution in [0.5, 0.6) is 0 Å². The van der Waals surface area contributed by atoms with E-state index in [4.69, 9.17) is 10.1 Å². The number of nitrogens with zero attached hydrogens (tertiary/aromatic N) is 2. The molecule has 204 valence electrons. The molecule has 0 saturated carbocycles. The van der Waals surface area contributed by atoms with Crippen molar-refractivity contribution < 1.29 is 13.2 Å². The van der Waals surface area contributed by atoms with Crippen LogP contribution in [0.2, 0.25) is 0 Å². The number of hydrogen-bond acceptors (Lipinski definition) is 7. The van der Waals surface area contributed by atoms with E-state index in [9.17, 15) is 18.0 Å². The number of carbonyl (C=O) groups is 1. The van der Waals surface area contributed by atoms with E-state index in [0.717, 1.165) is 21.6 Å². The second kappa shape index (κ2) is 11.4. The smallest absolute Gasteiger partial charge is 0.272 e. The molecule has 0 radical (unpaired) electrons. The maximum Gasteiger partial charge on any atom is 0.272 e. The number of sulfonamides is 1. The Morgan fingerprint density at radius 1 is 1.05 bits per heavy atom. The minimum Gasteiger partial charge on any atom is -0.325 e. The maximum atomic E-state index is 13.8. The molecule has 3 N–H and O–H groups in total. The zero-order valence-electron chi connectivity index (χ0n) is 21.7. The lowest BCUT2D eigenvalue weighted by Crippen LogP contribution is -2.27. The minimum atomic E-state index is -3.83. The van der Waals surface area contributed by atoms with Gasteiger partial charge in [0.25, 0.3) is 5.56 Å². The van der Waals surface area contributed by atoms with Gasteiger partial charge in [-0.1, -0.05) is 71.9 Å². The van der Waals surface area contributed by atoms with Gasteiger partial charge >= 0.3 is 0 Å². The first kappa shape index (κ1) is 27.8. The number of aromatic nitrogens is 2. The lowest BCUT2D eigenvalue weighted by Gasteiger charge is -2.16. The summed E-state index contributed by atoms with van der Waals surface area (Å²) in [6.45, 7) is 4.07. The van der Waals surface area contributed by atoms with Crippen LogP contribution in [0, 0.1) is 6.92 Å². The van der Waals surface area contributed by atoms with Gasteiger partial charge in [0.1, 0.15) is 4.70 Å². The number of primary sulfonamides is 1. The van der Waals surface area contributed by atoms with Crippen molar-refractivity contribution in [3.05, 3.63) is 106 Å². The third-order valence-corrected chi connectivity index (χ3v) is 9.40. The Balaban J connectivity index is 1.47. The van der Waals surface area contributed by atoms with Gasteiger partial charge in [-0.2, -0.15) is 0 Å². The second-order valence-electron chi connectivity index (χ2n) is 9.28. The first-order chi connectivity index (χ1) is 19.1. The fraction of sp³-hybridized carbons (Fsp3) is 0.138. The summed E-state index contributed by atoms with van der Waals surface area (Å²) in [4.78, 5) is 32.6. The van der Waals surface area contributed by atoms with E-state index >= 15 is 0 Å². The Morgan fingerprint density at radius 2 is 1.73 bits per heavy atom. The standard InChI is InChI=1S/C29H26N4O4S3/c1-18-8-10-21(11-9-18)25-16-24-26(39-25)28(35)33(17-20-6-4-3-5-7-20)29(32-24)38-19(2)27(34)31-22-12-14-23(15-13-22)40(30,36)37/h3-16,19H,17H2,1-2H3,(H,31,34)(H2,30,36,37)/t19-/m0/s1. The number of rotatable bonds is 8. The molecule has 0 aliphatic rings. The molecule has 2 heterocycles. The lowest BCUT2D eigenvalue weighted by molar-refractivity contribution is -0.115. The average Bonchev–Trinajstić information content (AvgIpc) is 3.36. The number of carbonyl (C=O) groups excluding carboxylic acids is 1. The molecule has 8 nitrogen and oxygen atoms in total. The van der Waals surface area contributed by atoms with Crippen molar-refractivity contribution in [2.24, 2.45) is 5.14 Å². The van der Waals surface area contributed by atoms with Crippen molar-refractivity contribution in [2.45, 2.75) is 35.7 Å². The molecule has 0 unspecified atom stereocenters. The number of fused-ring (bicyclic) bond motifs is 1. The molecule has 5 aromatic rings. The van der Waals surface area contributed by atoms with Crippen LogP contribution >= 0.6 is 23.1 Å². The van der Waals surface area contributed by atoms with Gasteiger partial charge in [-0.05, 0) is 55.3 Å². The Morgan fingerprint density at radius 3 is 2.38 bits per heavy atom. The predicted molar refractivity (Wildman–Crippen MR) is 161 cm³/mol. The topological polar surface area (TPSA) is 124 Å². The summed E-state index contributed by atoms with van der Waals surface area (Å²) < 4.78 is 25.2. The van der Waals surface area contributed by atoms with Gasteiger partial charge in [-0.3, -0.25) is 14.2 Å². The summed E-state index contributed by atoms with van der Waals surface area (Å²) >= 11 is 2.60. The van der Waals surface area contributed by atoms with E-state index in [1.165, 1.54) is 47.4 Å². The van der Waals surface area contributed by atoms with Crippen LogP contribution in [0.3, 0.4) is 0 Å². The molecule has 0 spiro atoms. The number of anilines is 1. The number of thioether (sulfide) groups is 1. The van der Waals surface area contributed by atoms with Crippen molar-refractivity contribution >= 4 is 54.9 Å². The summed E-state index contributed by atoms with van der Waals surface area (Å²) in [5.74, 6) is -0.320. The predicted octanol–water partition coefficient (Wildman–Crippen LogP) is 5.25. The Labute approximate surface area is 239 Å². The molecule has 2 aromatic heterocycles. The fourth-order valence-electron chi connectivity index (χ4n) is 4.03. The van der Waals surface area contributed by atoms with Crippen molar-refractivity contribution in [1.29, 1.82) is 0 Å². The highest BCUT2D eigenvalue weighted by molar-refractivity contribution is 8.00. The van der Waals surface area contributed by atoms with Gasteiger partial charge in [0.15, 0.2) is 5.16 Å². The molecule has 40 heavy (non-hydrogen) atoms. The van der Waals surface area contributed by atoms with E-state index in [0.29, 0.717) is 27.6 Å². The SMILES string of the molecule is Cc1ccc(-c2cc3nc(S[C@@H](C)C(=O)Nc4ccc(S(N)(=O)=O)cc4)n(Cc4ccccc4)c(=O)c3s2)cc1. The van der Waals surface area contributed by atoms with Crippen LogP contribution in [0.1, 0.15) is 18.1 Å². The van der Waals surface area contributed by atoms with Gasteiger partial charge in [-0.15, -0.1) is 11.3 Å². The molecule has 11 heteroatoms. The van der Waals surface area contributed by atoms with Crippen LogP contribution in [-0.4, -0.2) is 29.1 Å². The molecule has 0 aliphatic carbocycles. The zero-order valence-corrected chi connectivity index (χ0v) is 24.1. The van der Waals surface area contributed by atoms with E-state index < -0.39 is 15.3 Å². The first-order valence-corrected chi connectivity index (χ1v) is 15.6. The van der Waals surface area contributed by atoms with Crippen LogP contribution in [-0.2, 0) is 21.4 Å². The fourth-order valence-corrected chi connectivity index (χ4v) is 6.50. The van der Waals surface area contributed by atoms with Crippen LogP contribution < -0.4 is 16.0 Å². The number of nitrogens with one attached hydrogen (secondary N) is 1. The average molecular weight is 591 g/mol. The van der Waals surface area contributed by atoms with Crippen LogP contribution in [0.4, 0.5) is 5.69 Å². The molecule has 1 amide bonds. The van der Waals surface area contributed by atoms with Crippen LogP contribution in [0.25, 0.3) is 20.7 Å². The molecule has 5 rings (SSSR count). The molecule has 0 saturated heterocycles. The number of aryl methyl sites for hydroxylation is 1. The summed E-state index contributed by atoms with van der Waals surface area (Å²) in [6.07, 6.45) is 0.